The van der Waals surface area contributed by atoms with Gasteiger partial charge in [0.25, 0.3) is 17.5 Å². The molecule has 2 heterocycles. The van der Waals surface area contributed by atoms with E-state index >= 15 is 0 Å². The second kappa shape index (κ2) is 10.6. The minimum atomic E-state index is -0.983. The van der Waals surface area contributed by atoms with Gasteiger partial charge in [-0.25, -0.2) is 9.69 Å². The first-order chi connectivity index (χ1) is 18.1. The third-order valence-corrected chi connectivity index (χ3v) is 6.32. The smallest absolute Gasteiger partial charge is 0.336 e. The van der Waals surface area contributed by atoms with Gasteiger partial charge in [-0.15, -0.1) is 0 Å². The molecule has 2 aromatic rings. The van der Waals surface area contributed by atoms with Crippen LogP contribution in [0.4, 0.5) is 21.9 Å². The third kappa shape index (κ3) is 4.98. The molecule has 0 aliphatic carbocycles. The van der Waals surface area contributed by atoms with Gasteiger partial charge in [0.2, 0.25) is 5.91 Å². The predicted molar refractivity (Wildman–Crippen MR) is 136 cm³/mol. The first kappa shape index (κ1) is 26.1. The van der Waals surface area contributed by atoms with Crippen LogP contribution in [0.1, 0.15) is 12.5 Å². The summed E-state index contributed by atoms with van der Waals surface area (Å²) >= 11 is 0. The number of nitro benzene ring substituents is 1. The van der Waals surface area contributed by atoms with Gasteiger partial charge in [-0.3, -0.25) is 29.8 Å². The number of hydrogen-bond acceptors (Lipinski definition) is 9. The maximum absolute atomic E-state index is 13.5. The van der Waals surface area contributed by atoms with Crippen molar-refractivity contribution in [1.82, 2.24) is 10.2 Å². The van der Waals surface area contributed by atoms with E-state index in [0.29, 0.717) is 37.6 Å². The van der Waals surface area contributed by atoms with Crippen molar-refractivity contribution in [3.05, 3.63) is 57.6 Å². The number of piperazine rings is 1. The molecule has 2 aliphatic rings. The van der Waals surface area contributed by atoms with Gasteiger partial charge >= 0.3 is 6.03 Å². The van der Waals surface area contributed by atoms with Gasteiger partial charge in [-0.1, -0.05) is 0 Å². The van der Waals surface area contributed by atoms with Crippen LogP contribution < -0.4 is 24.6 Å². The van der Waals surface area contributed by atoms with E-state index in [1.54, 1.807) is 11.0 Å². The zero-order valence-electron chi connectivity index (χ0n) is 20.9. The number of anilines is 2. The van der Waals surface area contributed by atoms with Gasteiger partial charge in [0.05, 0.1) is 24.8 Å². The van der Waals surface area contributed by atoms with Crippen LogP contribution in [0.15, 0.2) is 42.0 Å². The van der Waals surface area contributed by atoms with Crippen molar-refractivity contribution in [2.75, 3.05) is 50.2 Å². The zero-order chi connectivity index (χ0) is 27.6. The van der Waals surface area contributed by atoms with Crippen LogP contribution in [0.5, 0.6) is 11.5 Å². The van der Waals surface area contributed by atoms with E-state index in [1.165, 1.54) is 57.6 Å². The molecule has 13 nitrogen and oxygen atoms in total. The molecule has 198 valence electrons. The van der Waals surface area contributed by atoms with Crippen LogP contribution >= 0.6 is 0 Å². The second-order valence-corrected chi connectivity index (χ2v) is 8.49. The molecule has 4 rings (SSSR count). The van der Waals surface area contributed by atoms with Crippen LogP contribution in [0, 0.1) is 10.1 Å². The number of urea groups is 1. The standard InChI is InChI=1S/C25H25N5O8/c1-15(31)27-8-10-28(11-9-27)20-6-4-17(30(35)36)12-16(20)13-19-23(32)26-25(34)29(24(19)33)21-14-18(37-2)5-7-22(21)38-3/h4-7,12-14H,8-11H2,1-3H3,(H,26,32,34)/b19-13-. The average Bonchev–Trinajstić information content (AvgIpc) is 2.90. The second-order valence-electron chi connectivity index (χ2n) is 8.49. The quantitative estimate of drug-likeness (QED) is 0.259. The van der Waals surface area contributed by atoms with E-state index in [4.69, 9.17) is 9.47 Å². The lowest BCUT2D eigenvalue weighted by Gasteiger charge is -2.36. The fourth-order valence-corrected chi connectivity index (χ4v) is 4.32. The number of hydrogen-bond donors (Lipinski definition) is 1. The van der Waals surface area contributed by atoms with Crippen molar-refractivity contribution in [2.45, 2.75) is 6.92 Å². The molecule has 2 aliphatic heterocycles. The number of non-ortho nitro benzene ring substituents is 1. The Hall–Kier alpha value is -4.94. The molecule has 38 heavy (non-hydrogen) atoms. The Morgan fingerprint density at radius 2 is 1.71 bits per heavy atom. The summed E-state index contributed by atoms with van der Waals surface area (Å²) in [5.41, 5.74) is 0.176. The highest BCUT2D eigenvalue weighted by Gasteiger charge is 2.39. The Bertz CT molecular complexity index is 1360. The highest BCUT2D eigenvalue weighted by molar-refractivity contribution is 6.39. The molecule has 5 amide bonds. The van der Waals surface area contributed by atoms with Crippen LogP contribution in [0.3, 0.4) is 0 Å². The minimum Gasteiger partial charge on any atom is -0.497 e. The molecule has 2 aromatic carbocycles. The number of ether oxygens (including phenoxy) is 2. The van der Waals surface area contributed by atoms with Gasteiger partial charge in [-0.2, -0.15) is 0 Å². The molecule has 0 saturated carbocycles. The van der Waals surface area contributed by atoms with E-state index in [1.807, 2.05) is 4.90 Å². The Labute approximate surface area is 217 Å². The number of rotatable bonds is 6. The number of barbiturate groups is 1. The lowest BCUT2D eigenvalue weighted by Crippen LogP contribution is -2.54. The SMILES string of the molecule is COc1ccc(OC)c(N2C(=O)NC(=O)/C(=C/c3cc([N+](=O)[O-])ccc3N3CCN(C(C)=O)CC3)C2=O)c1. The molecule has 1 N–H and O–H groups in total. The molecular weight excluding hydrogens is 498 g/mol. The first-order valence-electron chi connectivity index (χ1n) is 11.6. The van der Waals surface area contributed by atoms with Gasteiger partial charge in [0.1, 0.15) is 17.1 Å². The summed E-state index contributed by atoms with van der Waals surface area (Å²) in [5.74, 6) is -1.42. The number of nitrogens with one attached hydrogen (secondary N) is 1. The highest BCUT2D eigenvalue weighted by atomic mass is 16.6. The van der Waals surface area contributed by atoms with Crippen molar-refractivity contribution in [1.29, 1.82) is 0 Å². The summed E-state index contributed by atoms with van der Waals surface area (Å²) in [6, 6.07) is 7.64. The van der Waals surface area contributed by atoms with Crippen molar-refractivity contribution >= 4 is 46.9 Å². The molecule has 0 bridgehead atoms. The molecule has 13 heteroatoms. The van der Waals surface area contributed by atoms with E-state index in [0.717, 1.165) is 4.90 Å². The average molecular weight is 524 g/mol. The van der Waals surface area contributed by atoms with Crippen LogP contribution in [0.2, 0.25) is 0 Å². The summed E-state index contributed by atoms with van der Waals surface area (Å²) in [5, 5.41) is 13.6. The number of carbonyl (C=O) groups is 4. The lowest BCUT2D eigenvalue weighted by atomic mass is 10.0. The summed E-state index contributed by atoms with van der Waals surface area (Å²) < 4.78 is 10.5. The molecule has 2 saturated heterocycles. The molecule has 0 atom stereocenters. The van der Waals surface area contributed by atoms with Gasteiger partial charge in [-0.05, 0) is 24.3 Å². The molecular formula is C25H25N5O8. The van der Waals surface area contributed by atoms with Crippen LogP contribution in [-0.2, 0) is 14.4 Å². The predicted octanol–water partition coefficient (Wildman–Crippen LogP) is 1.95. The van der Waals surface area contributed by atoms with E-state index in [2.05, 4.69) is 5.32 Å². The monoisotopic (exact) mass is 523 g/mol. The Morgan fingerprint density at radius 1 is 1.00 bits per heavy atom. The number of amides is 5. The van der Waals surface area contributed by atoms with Gasteiger partial charge in [0, 0.05) is 62.6 Å². The minimum absolute atomic E-state index is 0.0485. The van der Waals surface area contributed by atoms with Gasteiger partial charge < -0.3 is 19.3 Å². The van der Waals surface area contributed by atoms with Crippen LogP contribution in [0.25, 0.3) is 6.08 Å². The number of nitro groups is 1. The largest absolute Gasteiger partial charge is 0.497 e. The third-order valence-electron chi connectivity index (χ3n) is 6.32. The van der Waals surface area contributed by atoms with E-state index < -0.39 is 28.3 Å². The summed E-state index contributed by atoms with van der Waals surface area (Å²) in [4.78, 5) is 66.0. The molecule has 0 radical (unpaired) electrons. The van der Waals surface area contributed by atoms with Crippen LogP contribution in [-0.4, -0.2) is 74.0 Å². The number of imide groups is 2. The first-order valence-corrected chi connectivity index (χ1v) is 11.6. The number of nitrogens with zero attached hydrogens (tertiary/aromatic N) is 4. The molecule has 0 aromatic heterocycles. The topological polar surface area (TPSA) is 152 Å². The summed E-state index contributed by atoms with van der Waals surface area (Å²) in [6.45, 7) is 3.26. The van der Waals surface area contributed by atoms with Crippen molar-refractivity contribution in [3.8, 4) is 11.5 Å². The fourth-order valence-electron chi connectivity index (χ4n) is 4.32. The Balaban J connectivity index is 1.78. The number of carbonyl (C=O) groups excluding carboxylic acids is 4. The van der Waals surface area contributed by atoms with Crippen molar-refractivity contribution in [3.63, 3.8) is 0 Å². The normalized spacial score (nSPS) is 17.0. The molecule has 0 unspecified atom stereocenters. The fraction of sp³-hybridized carbons (Fsp3) is 0.280. The zero-order valence-corrected chi connectivity index (χ0v) is 20.9. The molecule has 0 spiro atoms. The summed E-state index contributed by atoms with van der Waals surface area (Å²) in [7, 11) is 2.78. The Kier molecular flexibility index (Phi) is 7.28. The maximum atomic E-state index is 13.5. The Morgan fingerprint density at radius 3 is 2.32 bits per heavy atom. The van der Waals surface area contributed by atoms with Crippen molar-refractivity contribution in [2.24, 2.45) is 0 Å². The van der Waals surface area contributed by atoms with Gasteiger partial charge in [0.15, 0.2) is 0 Å². The van der Waals surface area contributed by atoms with E-state index in [9.17, 15) is 29.3 Å². The number of methoxy groups -OCH3 is 2. The highest BCUT2D eigenvalue weighted by Crippen LogP contribution is 2.35. The number of benzene rings is 2. The lowest BCUT2D eigenvalue weighted by molar-refractivity contribution is -0.384. The van der Waals surface area contributed by atoms with E-state index in [-0.39, 0.29) is 28.6 Å². The molecule has 2 fully saturated rings. The van der Waals surface area contributed by atoms with Crippen molar-refractivity contribution < 1.29 is 33.6 Å². The summed E-state index contributed by atoms with van der Waals surface area (Å²) in [6.07, 6.45) is 1.23. The maximum Gasteiger partial charge on any atom is 0.336 e.